The zero-order chi connectivity index (χ0) is 17.3. The second-order valence-electron chi connectivity index (χ2n) is 5.76. The molecule has 6 nitrogen and oxygen atoms in total. The molecular formula is C16H23O6P. The van der Waals surface area contributed by atoms with Crippen molar-refractivity contribution < 1.29 is 29.3 Å². The molecule has 1 atom stereocenters. The van der Waals surface area contributed by atoms with Gasteiger partial charge >= 0.3 is 11.9 Å². The lowest BCUT2D eigenvalue weighted by atomic mass is 10.0. The van der Waals surface area contributed by atoms with Crippen molar-refractivity contribution in [1.29, 1.82) is 0 Å². The molecule has 0 aliphatic rings. The molecule has 1 aromatic rings. The number of carboxylic acids is 2. The van der Waals surface area contributed by atoms with Crippen molar-refractivity contribution in [2.75, 3.05) is 12.3 Å². The summed E-state index contributed by atoms with van der Waals surface area (Å²) in [5.74, 6) is -3.12. The van der Waals surface area contributed by atoms with Crippen LogP contribution in [0.3, 0.4) is 0 Å². The van der Waals surface area contributed by atoms with Gasteiger partial charge in [-0.3, -0.25) is 14.2 Å². The van der Waals surface area contributed by atoms with E-state index < -0.39 is 38.1 Å². The Morgan fingerprint density at radius 1 is 1.00 bits per heavy atom. The van der Waals surface area contributed by atoms with Gasteiger partial charge in [0.1, 0.15) is 0 Å². The molecule has 0 aliphatic carbocycles. The Hall–Kier alpha value is -1.65. The monoisotopic (exact) mass is 342 g/mol. The van der Waals surface area contributed by atoms with Gasteiger partial charge in [0.25, 0.3) is 0 Å². The first kappa shape index (κ1) is 19.4. The van der Waals surface area contributed by atoms with Crippen molar-refractivity contribution in [3.05, 3.63) is 35.9 Å². The summed E-state index contributed by atoms with van der Waals surface area (Å²) in [6.45, 7) is 0. The van der Waals surface area contributed by atoms with E-state index in [0.717, 1.165) is 18.4 Å². The number of rotatable bonds is 11. The highest BCUT2D eigenvalue weighted by atomic mass is 31.2. The minimum Gasteiger partial charge on any atom is -0.481 e. The van der Waals surface area contributed by atoms with Gasteiger partial charge in [0.2, 0.25) is 7.37 Å². The van der Waals surface area contributed by atoms with Gasteiger partial charge < -0.3 is 15.1 Å². The van der Waals surface area contributed by atoms with E-state index >= 15 is 0 Å². The number of benzene rings is 1. The lowest BCUT2D eigenvalue weighted by Crippen LogP contribution is -2.17. The summed E-state index contributed by atoms with van der Waals surface area (Å²) in [5.41, 5.74) is 1.16. The number of aliphatic carboxylic acids is 2. The molecule has 23 heavy (non-hydrogen) atoms. The minimum atomic E-state index is -3.51. The molecule has 0 heterocycles. The van der Waals surface area contributed by atoms with Gasteiger partial charge in [-0.15, -0.1) is 0 Å². The summed E-state index contributed by atoms with van der Waals surface area (Å²) in [7, 11) is -3.51. The quantitative estimate of drug-likeness (QED) is 0.421. The molecule has 0 radical (unpaired) electrons. The van der Waals surface area contributed by atoms with E-state index in [-0.39, 0.29) is 12.3 Å². The standard InChI is InChI=1S/C16H23O6P/c17-15(18)10-14(11-16(19)20)12-23(21,22)9-5-4-8-13-6-2-1-3-7-13/h1-3,6-7,14H,4-5,8-12H2,(H,17,18)(H,19,20)(H,21,22). The average molecular weight is 342 g/mol. The van der Waals surface area contributed by atoms with Crippen LogP contribution in [0.15, 0.2) is 30.3 Å². The molecular weight excluding hydrogens is 319 g/mol. The van der Waals surface area contributed by atoms with E-state index in [1.54, 1.807) is 0 Å². The summed E-state index contributed by atoms with van der Waals surface area (Å²) in [6, 6.07) is 9.79. The van der Waals surface area contributed by atoms with E-state index in [0.29, 0.717) is 6.42 Å². The smallest absolute Gasteiger partial charge is 0.303 e. The molecule has 0 aromatic heterocycles. The van der Waals surface area contributed by atoms with Crippen LogP contribution in [-0.2, 0) is 20.6 Å². The van der Waals surface area contributed by atoms with Gasteiger partial charge in [0.05, 0.1) is 0 Å². The van der Waals surface area contributed by atoms with Crippen LogP contribution in [0.2, 0.25) is 0 Å². The summed E-state index contributed by atoms with van der Waals surface area (Å²) < 4.78 is 12.2. The van der Waals surface area contributed by atoms with Crippen LogP contribution in [0.4, 0.5) is 0 Å². The summed E-state index contributed by atoms with van der Waals surface area (Å²) in [6.07, 6.45) is 1.16. The third-order valence-electron chi connectivity index (χ3n) is 3.54. The highest BCUT2D eigenvalue weighted by Gasteiger charge is 2.27. The Balaban J connectivity index is 2.41. The number of hydrogen-bond donors (Lipinski definition) is 3. The van der Waals surface area contributed by atoms with E-state index in [4.69, 9.17) is 10.2 Å². The maximum absolute atomic E-state index is 12.2. The second kappa shape index (κ2) is 9.48. The Morgan fingerprint density at radius 2 is 1.57 bits per heavy atom. The first-order valence-electron chi connectivity index (χ1n) is 7.57. The van der Waals surface area contributed by atoms with Gasteiger partial charge in [-0.1, -0.05) is 30.3 Å². The zero-order valence-electron chi connectivity index (χ0n) is 12.9. The summed E-state index contributed by atoms with van der Waals surface area (Å²) in [5, 5.41) is 17.5. The Morgan fingerprint density at radius 3 is 2.09 bits per heavy atom. The van der Waals surface area contributed by atoms with E-state index in [1.807, 2.05) is 30.3 Å². The first-order valence-corrected chi connectivity index (χ1v) is 9.60. The molecule has 1 aromatic carbocycles. The van der Waals surface area contributed by atoms with Crippen molar-refractivity contribution in [3.63, 3.8) is 0 Å². The average Bonchev–Trinajstić information content (AvgIpc) is 2.43. The van der Waals surface area contributed by atoms with Crippen LogP contribution in [0.25, 0.3) is 0 Å². The topological polar surface area (TPSA) is 112 Å². The van der Waals surface area contributed by atoms with Crippen LogP contribution < -0.4 is 0 Å². The van der Waals surface area contributed by atoms with Gasteiger partial charge in [-0.05, 0) is 30.7 Å². The Labute approximate surface area is 135 Å². The second-order valence-corrected chi connectivity index (χ2v) is 8.26. The van der Waals surface area contributed by atoms with Crippen LogP contribution in [-0.4, -0.2) is 39.4 Å². The van der Waals surface area contributed by atoms with E-state index in [9.17, 15) is 19.0 Å². The largest absolute Gasteiger partial charge is 0.481 e. The number of aryl methyl sites for hydroxylation is 1. The van der Waals surface area contributed by atoms with Crippen molar-refractivity contribution in [2.45, 2.75) is 32.1 Å². The molecule has 1 rings (SSSR count). The lowest BCUT2D eigenvalue weighted by molar-refractivity contribution is -0.140. The van der Waals surface area contributed by atoms with Crippen LogP contribution >= 0.6 is 7.37 Å². The predicted octanol–water partition coefficient (Wildman–Crippen LogP) is 2.85. The Bertz CT molecular complexity index is 541. The number of hydrogen-bond acceptors (Lipinski definition) is 3. The molecule has 0 saturated carbocycles. The first-order chi connectivity index (χ1) is 10.8. The summed E-state index contributed by atoms with van der Waals surface area (Å²) in [4.78, 5) is 31.4. The fourth-order valence-corrected chi connectivity index (χ4v) is 4.49. The maximum atomic E-state index is 12.2. The van der Waals surface area contributed by atoms with Gasteiger partial charge in [-0.25, -0.2) is 0 Å². The maximum Gasteiger partial charge on any atom is 0.303 e. The number of unbranched alkanes of at least 4 members (excludes halogenated alkanes) is 1. The zero-order valence-corrected chi connectivity index (χ0v) is 13.8. The molecule has 1 unspecified atom stereocenters. The molecule has 128 valence electrons. The van der Waals surface area contributed by atoms with Crippen molar-refractivity contribution in [2.24, 2.45) is 5.92 Å². The van der Waals surface area contributed by atoms with Crippen LogP contribution in [0.5, 0.6) is 0 Å². The van der Waals surface area contributed by atoms with Crippen molar-refractivity contribution in [1.82, 2.24) is 0 Å². The van der Waals surface area contributed by atoms with Crippen LogP contribution in [0.1, 0.15) is 31.2 Å². The van der Waals surface area contributed by atoms with Gasteiger partial charge in [0, 0.05) is 25.2 Å². The van der Waals surface area contributed by atoms with Gasteiger partial charge in [-0.2, -0.15) is 0 Å². The molecule has 7 heteroatoms. The molecule has 0 saturated heterocycles. The third kappa shape index (κ3) is 9.16. The molecule has 0 spiro atoms. The fourth-order valence-electron chi connectivity index (χ4n) is 2.52. The van der Waals surface area contributed by atoms with Crippen molar-refractivity contribution >= 4 is 19.3 Å². The SMILES string of the molecule is O=C(O)CC(CC(=O)O)CP(=O)(O)CCCCc1ccccc1. The van der Waals surface area contributed by atoms with Gasteiger partial charge in [0.15, 0.2) is 0 Å². The minimum absolute atomic E-state index is 0.0928. The number of carbonyl (C=O) groups is 2. The normalized spacial score (nSPS) is 13.7. The van der Waals surface area contributed by atoms with E-state index in [1.165, 1.54) is 0 Å². The van der Waals surface area contributed by atoms with Crippen molar-refractivity contribution in [3.8, 4) is 0 Å². The third-order valence-corrected chi connectivity index (χ3v) is 5.64. The number of carboxylic acid groups (broad SMARTS) is 2. The predicted molar refractivity (Wildman–Crippen MR) is 86.9 cm³/mol. The van der Waals surface area contributed by atoms with E-state index in [2.05, 4.69) is 0 Å². The molecule has 0 fully saturated rings. The lowest BCUT2D eigenvalue weighted by Gasteiger charge is -2.17. The molecule has 3 N–H and O–H groups in total. The summed E-state index contributed by atoms with van der Waals surface area (Å²) >= 11 is 0. The Kier molecular flexibility index (Phi) is 8.00. The molecule has 0 amide bonds. The molecule has 0 bridgehead atoms. The highest BCUT2D eigenvalue weighted by Crippen LogP contribution is 2.44. The fraction of sp³-hybridized carbons (Fsp3) is 0.500. The highest BCUT2D eigenvalue weighted by molar-refractivity contribution is 7.58. The molecule has 0 aliphatic heterocycles. The van der Waals surface area contributed by atoms with Crippen LogP contribution in [0, 0.1) is 5.92 Å².